The highest BCUT2D eigenvalue weighted by Crippen LogP contribution is 2.12. The summed E-state index contributed by atoms with van der Waals surface area (Å²) in [6.07, 6.45) is 0. The molecular weight excluding hydrogens is 143 g/mol. The Morgan fingerprint density at radius 2 is 2.27 bits per heavy atom. The van der Waals surface area contributed by atoms with Gasteiger partial charge in [0.2, 0.25) is 0 Å². The molecule has 0 aliphatic heterocycles. The van der Waals surface area contributed by atoms with Crippen LogP contribution in [0.3, 0.4) is 0 Å². The Morgan fingerprint density at radius 1 is 1.55 bits per heavy atom. The van der Waals surface area contributed by atoms with Gasteiger partial charge in [0, 0.05) is 12.2 Å². The molecule has 1 aromatic carbocycles. The molecule has 3 N–H and O–H groups in total. The summed E-state index contributed by atoms with van der Waals surface area (Å²) in [5, 5.41) is 2.94. The predicted octanol–water partition coefficient (Wildman–Crippen LogP) is 1.13. The maximum Gasteiger partial charge on any atom is 0.125 e. The van der Waals surface area contributed by atoms with Crippen LogP contribution >= 0.6 is 0 Å². The maximum atomic E-state index is 12.5. The summed E-state index contributed by atoms with van der Waals surface area (Å²) in [7, 11) is 1.82. The average molecular weight is 154 g/mol. The molecule has 3 heteroatoms. The van der Waals surface area contributed by atoms with Gasteiger partial charge in [-0.1, -0.05) is 6.07 Å². The largest absolute Gasteiger partial charge is 0.398 e. The average Bonchev–Trinajstić information content (AvgIpc) is 1.95. The van der Waals surface area contributed by atoms with E-state index in [0.29, 0.717) is 12.2 Å². The number of rotatable bonds is 2. The first kappa shape index (κ1) is 8.01. The van der Waals surface area contributed by atoms with E-state index in [1.54, 1.807) is 6.07 Å². The second kappa shape index (κ2) is 3.34. The van der Waals surface area contributed by atoms with Crippen molar-refractivity contribution in [2.75, 3.05) is 12.8 Å². The lowest BCUT2D eigenvalue weighted by Gasteiger charge is -2.03. The van der Waals surface area contributed by atoms with E-state index in [1.165, 1.54) is 12.1 Å². The van der Waals surface area contributed by atoms with E-state index in [9.17, 15) is 4.39 Å². The van der Waals surface area contributed by atoms with Gasteiger partial charge in [-0.05, 0) is 24.7 Å². The molecule has 60 valence electrons. The van der Waals surface area contributed by atoms with E-state index < -0.39 is 0 Å². The van der Waals surface area contributed by atoms with Crippen molar-refractivity contribution >= 4 is 5.69 Å². The van der Waals surface area contributed by atoms with Gasteiger partial charge in [-0.3, -0.25) is 0 Å². The van der Waals surface area contributed by atoms with Gasteiger partial charge < -0.3 is 11.1 Å². The quantitative estimate of drug-likeness (QED) is 0.626. The van der Waals surface area contributed by atoms with E-state index in [2.05, 4.69) is 5.32 Å². The van der Waals surface area contributed by atoms with E-state index >= 15 is 0 Å². The Bertz CT molecular complexity index is 248. The molecule has 0 amide bonds. The Hall–Kier alpha value is -1.09. The zero-order valence-electron chi connectivity index (χ0n) is 6.39. The topological polar surface area (TPSA) is 38.0 Å². The SMILES string of the molecule is CNCc1ccc(F)cc1N. The van der Waals surface area contributed by atoms with Crippen molar-refractivity contribution in [2.24, 2.45) is 0 Å². The highest BCUT2D eigenvalue weighted by atomic mass is 19.1. The summed E-state index contributed by atoms with van der Waals surface area (Å²) in [6.45, 7) is 0.673. The minimum absolute atomic E-state index is 0.289. The van der Waals surface area contributed by atoms with Gasteiger partial charge in [-0.2, -0.15) is 0 Å². The lowest BCUT2D eigenvalue weighted by atomic mass is 10.2. The van der Waals surface area contributed by atoms with Gasteiger partial charge in [0.1, 0.15) is 5.82 Å². The van der Waals surface area contributed by atoms with Crippen LogP contribution < -0.4 is 11.1 Å². The molecule has 0 aliphatic carbocycles. The minimum atomic E-state index is -0.289. The Morgan fingerprint density at radius 3 is 2.82 bits per heavy atom. The fourth-order valence-corrected chi connectivity index (χ4v) is 0.917. The molecular formula is C8H11FN2. The molecule has 1 aromatic rings. The van der Waals surface area contributed by atoms with Crippen molar-refractivity contribution in [1.82, 2.24) is 5.32 Å². The van der Waals surface area contributed by atoms with Crippen molar-refractivity contribution in [3.63, 3.8) is 0 Å². The molecule has 2 nitrogen and oxygen atoms in total. The first-order valence-corrected chi connectivity index (χ1v) is 3.42. The monoisotopic (exact) mass is 154 g/mol. The number of hydrogen-bond donors (Lipinski definition) is 2. The second-order valence-electron chi connectivity index (χ2n) is 2.37. The third-order valence-corrected chi connectivity index (χ3v) is 1.48. The summed E-state index contributed by atoms with van der Waals surface area (Å²) in [4.78, 5) is 0. The van der Waals surface area contributed by atoms with E-state index in [-0.39, 0.29) is 5.82 Å². The number of anilines is 1. The minimum Gasteiger partial charge on any atom is -0.398 e. The van der Waals surface area contributed by atoms with Crippen LogP contribution in [-0.2, 0) is 6.54 Å². The van der Waals surface area contributed by atoms with Gasteiger partial charge in [-0.25, -0.2) is 4.39 Å². The van der Waals surface area contributed by atoms with Crippen molar-refractivity contribution < 1.29 is 4.39 Å². The van der Waals surface area contributed by atoms with Crippen molar-refractivity contribution in [1.29, 1.82) is 0 Å². The summed E-state index contributed by atoms with van der Waals surface area (Å²) < 4.78 is 12.5. The Kier molecular flexibility index (Phi) is 2.44. The van der Waals surface area contributed by atoms with Crippen molar-refractivity contribution in [3.05, 3.63) is 29.6 Å². The van der Waals surface area contributed by atoms with Crippen LogP contribution in [-0.4, -0.2) is 7.05 Å². The first-order valence-electron chi connectivity index (χ1n) is 3.42. The van der Waals surface area contributed by atoms with Crippen LogP contribution in [0.15, 0.2) is 18.2 Å². The molecule has 0 bridgehead atoms. The van der Waals surface area contributed by atoms with Gasteiger partial charge in [0.15, 0.2) is 0 Å². The van der Waals surface area contributed by atoms with Gasteiger partial charge >= 0.3 is 0 Å². The molecule has 0 radical (unpaired) electrons. The molecule has 0 spiro atoms. The zero-order chi connectivity index (χ0) is 8.27. The summed E-state index contributed by atoms with van der Waals surface area (Å²) in [6, 6.07) is 4.41. The molecule has 11 heavy (non-hydrogen) atoms. The smallest absolute Gasteiger partial charge is 0.125 e. The Balaban J connectivity index is 2.90. The van der Waals surface area contributed by atoms with Gasteiger partial charge in [0.05, 0.1) is 0 Å². The normalized spacial score (nSPS) is 10.0. The number of nitrogen functional groups attached to an aromatic ring is 1. The fourth-order valence-electron chi connectivity index (χ4n) is 0.917. The third-order valence-electron chi connectivity index (χ3n) is 1.48. The number of benzene rings is 1. The highest BCUT2D eigenvalue weighted by Gasteiger charge is 1.97. The second-order valence-corrected chi connectivity index (χ2v) is 2.37. The Labute approximate surface area is 65.2 Å². The van der Waals surface area contributed by atoms with Crippen molar-refractivity contribution in [3.8, 4) is 0 Å². The van der Waals surface area contributed by atoms with Crippen LogP contribution in [0.5, 0.6) is 0 Å². The van der Waals surface area contributed by atoms with Gasteiger partial charge in [0.25, 0.3) is 0 Å². The maximum absolute atomic E-state index is 12.5. The first-order chi connectivity index (χ1) is 5.24. The molecule has 0 atom stereocenters. The number of hydrogen-bond acceptors (Lipinski definition) is 2. The van der Waals surface area contributed by atoms with E-state index in [1.807, 2.05) is 7.05 Å². The summed E-state index contributed by atoms with van der Waals surface area (Å²) in [5.41, 5.74) is 6.95. The lowest BCUT2D eigenvalue weighted by Crippen LogP contribution is -2.07. The summed E-state index contributed by atoms with van der Waals surface area (Å²) >= 11 is 0. The highest BCUT2D eigenvalue weighted by molar-refractivity contribution is 5.46. The van der Waals surface area contributed by atoms with Crippen LogP contribution in [0.4, 0.5) is 10.1 Å². The number of halogens is 1. The summed E-state index contributed by atoms with van der Waals surface area (Å²) in [5.74, 6) is -0.289. The van der Waals surface area contributed by atoms with Crippen LogP contribution in [0.2, 0.25) is 0 Å². The molecule has 0 aliphatic rings. The zero-order valence-corrected chi connectivity index (χ0v) is 6.39. The van der Waals surface area contributed by atoms with E-state index in [0.717, 1.165) is 5.56 Å². The third kappa shape index (κ3) is 1.91. The molecule has 0 saturated carbocycles. The number of nitrogens with one attached hydrogen (secondary N) is 1. The van der Waals surface area contributed by atoms with Crippen LogP contribution in [0, 0.1) is 5.82 Å². The molecule has 1 rings (SSSR count). The van der Waals surface area contributed by atoms with Crippen molar-refractivity contribution in [2.45, 2.75) is 6.54 Å². The molecule has 0 heterocycles. The predicted molar refractivity (Wildman–Crippen MR) is 43.6 cm³/mol. The molecule has 0 saturated heterocycles. The van der Waals surface area contributed by atoms with Crippen LogP contribution in [0.1, 0.15) is 5.56 Å². The standard InChI is InChI=1S/C8H11FN2/c1-11-5-6-2-3-7(9)4-8(6)10/h2-4,11H,5,10H2,1H3. The molecule has 0 unspecified atom stereocenters. The lowest BCUT2D eigenvalue weighted by molar-refractivity contribution is 0.627. The fraction of sp³-hybridized carbons (Fsp3) is 0.250. The van der Waals surface area contributed by atoms with Gasteiger partial charge in [-0.15, -0.1) is 0 Å². The molecule has 0 aromatic heterocycles. The molecule has 0 fully saturated rings. The number of nitrogens with two attached hydrogens (primary N) is 1. The van der Waals surface area contributed by atoms with Crippen LogP contribution in [0.25, 0.3) is 0 Å². The van der Waals surface area contributed by atoms with E-state index in [4.69, 9.17) is 5.73 Å².